The van der Waals surface area contributed by atoms with Crippen LogP contribution in [0.5, 0.6) is 5.75 Å². The lowest BCUT2D eigenvalue weighted by Crippen LogP contribution is -2.57. The van der Waals surface area contributed by atoms with Crippen molar-refractivity contribution in [2.45, 2.75) is 32.7 Å². The van der Waals surface area contributed by atoms with E-state index < -0.39 is 0 Å². The SMILES string of the molecule is C=CCOc1ccccc1C(=O)N1CCN(C(=O)[C@@H]2CC=CC[C@H]2C)[C@@H](C)C1. The molecular formula is C23H30N2O3. The molecule has 1 aromatic carbocycles. The topological polar surface area (TPSA) is 49.9 Å². The fourth-order valence-electron chi connectivity index (χ4n) is 4.07. The van der Waals surface area contributed by atoms with Gasteiger partial charge in [0.25, 0.3) is 5.91 Å². The lowest BCUT2D eigenvalue weighted by molar-refractivity contribution is -0.141. The Kier molecular flexibility index (Phi) is 6.55. The number of ether oxygens (including phenoxy) is 1. The summed E-state index contributed by atoms with van der Waals surface area (Å²) in [6.07, 6.45) is 7.73. The third kappa shape index (κ3) is 4.29. The van der Waals surface area contributed by atoms with Gasteiger partial charge in [-0.05, 0) is 37.8 Å². The summed E-state index contributed by atoms with van der Waals surface area (Å²) in [7, 11) is 0. The Balaban J connectivity index is 1.67. The quantitative estimate of drug-likeness (QED) is 0.732. The van der Waals surface area contributed by atoms with Crippen molar-refractivity contribution in [2.24, 2.45) is 11.8 Å². The summed E-state index contributed by atoms with van der Waals surface area (Å²) in [6.45, 7) is 9.85. The second-order valence-electron chi connectivity index (χ2n) is 7.75. The highest BCUT2D eigenvalue weighted by Crippen LogP contribution is 2.29. The molecule has 5 heteroatoms. The number of hydrogen-bond donors (Lipinski definition) is 0. The molecule has 0 saturated carbocycles. The van der Waals surface area contributed by atoms with Crippen LogP contribution in [0.3, 0.4) is 0 Å². The third-order valence-electron chi connectivity index (χ3n) is 5.74. The zero-order valence-electron chi connectivity index (χ0n) is 16.8. The van der Waals surface area contributed by atoms with E-state index in [0.717, 1.165) is 12.8 Å². The van der Waals surface area contributed by atoms with Gasteiger partial charge >= 0.3 is 0 Å². The minimum atomic E-state index is -0.0485. The number of carbonyl (C=O) groups excluding carboxylic acids is 2. The van der Waals surface area contributed by atoms with Crippen molar-refractivity contribution in [2.75, 3.05) is 26.2 Å². The molecule has 1 aliphatic carbocycles. The van der Waals surface area contributed by atoms with Gasteiger partial charge in [-0.1, -0.05) is 43.9 Å². The van der Waals surface area contributed by atoms with E-state index in [1.165, 1.54) is 0 Å². The maximum Gasteiger partial charge on any atom is 0.257 e. The molecule has 1 fully saturated rings. The molecule has 1 aliphatic heterocycles. The van der Waals surface area contributed by atoms with E-state index in [4.69, 9.17) is 4.74 Å². The van der Waals surface area contributed by atoms with Crippen LogP contribution in [0.15, 0.2) is 49.1 Å². The molecule has 0 radical (unpaired) electrons. The molecule has 1 heterocycles. The Bertz CT molecular complexity index is 758. The van der Waals surface area contributed by atoms with Gasteiger partial charge in [-0.3, -0.25) is 9.59 Å². The highest BCUT2D eigenvalue weighted by Gasteiger charge is 2.36. The summed E-state index contributed by atoms with van der Waals surface area (Å²) in [5.74, 6) is 1.18. The highest BCUT2D eigenvalue weighted by molar-refractivity contribution is 5.97. The van der Waals surface area contributed by atoms with Crippen LogP contribution in [0.25, 0.3) is 0 Å². The van der Waals surface area contributed by atoms with E-state index in [-0.39, 0.29) is 23.8 Å². The molecule has 5 nitrogen and oxygen atoms in total. The average molecular weight is 383 g/mol. The van der Waals surface area contributed by atoms with Crippen molar-refractivity contribution in [3.05, 3.63) is 54.6 Å². The largest absolute Gasteiger partial charge is 0.489 e. The van der Waals surface area contributed by atoms with Crippen molar-refractivity contribution in [1.29, 1.82) is 0 Å². The van der Waals surface area contributed by atoms with Crippen molar-refractivity contribution >= 4 is 11.8 Å². The Morgan fingerprint density at radius 3 is 2.64 bits per heavy atom. The zero-order chi connectivity index (χ0) is 20.1. The number of nitrogens with zero attached hydrogens (tertiary/aromatic N) is 2. The molecular weight excluding hydrogens is 352 g/mol. The highest BCUT2D eigenvalue weighted by atomic mass is 16.5. The Morgan fingerprint density at radius 2 is 1.93 bits per heavy atom. The number of allylic oxidation sites excluding steroid dienone is 2. The maximum atomic E-state index is 13.1. The van der Waals surface area contributed by atoms with Gasteiger partial charge in [-0.2, -0.15) is 0 Å². The van der Waals surface area contributed by atoms with Crippen molar-refractivity contribution in [1.82, 2.24) is 9.80 Å². The Hall–Kier alpha value is -2.56. The van der Waals surface area contributed by atoms with Crippen LogP contribution in [-0.4, -0.2) is 53.9 Å². The van der Waals surface area contributed by atoms with Gasteiger partial charge in [0.1, 0.15) is 12.4 Å². The average Bonchev–Trinajstić information content (AvgIpc) is 2.71. The van der Waals surface area contributed by atoms with Gasteiger partial charge in [0, 0.05) is 31.6 Å². The van der Waals surface area contributed by atoms with Gasteiger partial charge in [0.15, 0.2) is 0 Å². The smallest absolute Gasteiger partial charge is 0.257 e. The molecule has 2 aliphatic rings. The molecule has 1 saturated heterocycles. The van der Waals surface area contributed by atoms with Crippen LogP contribution >= 0.6 is 0 Å². The van der Waals surface area contributed by atoms with E-state index in [9.17, 15) is 9.59 Å². The summed E-state index contributed by atoms with van der Waals surface area (Å²) in [5.41, 5.74) is 0.558. The summed E-state index contributed by atoms with van der Waals surface area (Å²) < 4.78 is 5.64. The standard InChI is InChI=1S/C23H30N2O3/c1-4-15-28-21-12-8-7-11-20(21)22(26)24-13-14-25(18(3)16-24)23(27)19-10-6-5-9-17(19)2/h4-8,11-12,17-19H,1,9-10,13-16H2,2-3H3/t17-,18+,19-/m1/s1. The molecule has 0 N–H and O–H groups in total. The summed E-state index contributed by atoms with van der Waals surface area (Å²) >= 11 is 0. The van der Waals surface area contributed by atoms with Gasteiger partial charge in [0.2, 0.25) is 5.91 Å². The Labute approximate surface area is 167 Å². The predicted molar refractivity (Wildman–Crippen MR) is 110 cm³/mol. The normalized spacial score (nSPS) is 24.7. The number of para-hydroxylation sites is 1. The van der Waals surface area contributed by atoms with Gasteiger partial charge in [-0.25, -0.2) is 0 Å². The first-order valence-electron chi connectivity index (χ1n) is 10.1. The number of carbonyl (C=O) groups is 2. The second kappa shape index (κ2) is 9.09. The minimum Gasteiger partial charge on any atom is -0.489 e. The first-order chi connectivity index (χ1) is 13.5. The predicted octanol–water partition coefficient (Wildman–Crippen LogP) is 3.53. The molecule has 3 atom stereocenters. The third-order valence-corrected chi connectivity index (χ3v) is 5.74. The molecule has 1 aromatic rings. The van der Waals surface area contributed by atoms with E-state index in [1.54, 1.807) is 18.2 Å². The number of benzene rings is 1. The monoisotopic (exact) mass is 382 g/mol. The molecule has 150 valence electrons. The van der Waals surface area contributed by atoms with Gasteiger partial charge < -0.3 is 14.5 Å². The number of piperazine rings is 1. The summed E-state index contributed by atoms with van der Waals surface area (Å²) in [4.78, 5) is 29.9. The number of amides is 2. The first-order valence-corrected chi connectivity index (χ1v) is 10.1. The zero-order valence-corrected chi connectivity index (χ0v) is 16.8. The molecule has 28 heavy (non-hydrogen) atoms. The van der Waals surface area contributed by atoms with Crippen LogP contribution in [-0.2, 0) is 4.79 Å². The van der Waals surface area contributed by atoms with Crippen molar-refractivity contribution < 1.29 is 14.3 Å². The lowest BCUT2D eigenvalue weighted by Gasteiger charge is -2.42. The molecule has 2 amide bonds. The van der Waals surface area contributed by atoms with Crippen molar-refractivity contribution in [3.63, 3.8) is 0 Å². The summed E-state index contributed by atoms with van der Waals surface area (Å²) in [6, 6.07) is 7.30. The van der Waals surface area contributed by atoms with Crippen molar-refractivity contribution in [3.8, 4) is 5.75 Å². The fourth-order valence-corrected chi connectivity index (χ4v) is 4.07. The molecule has 3 rings (SSSR count). The second-order valence-corrected chi connectivity index (χ2v) is 7.75. The van der Waals surface area contributed by atoms with Crippen LogP contribution in [0.4, 0.5) is 0 Å². The lowest BCUT2D eigenvalue weighted by atomic mass is 9.83. The Morgan fingerprint density at radius 1 is 1.18 bits per heavy atom. The van der Waals surface area contributed by atoms with Gasteiger partial charge in [0.05, 0.1) is 5.56 Å². The summed E-state index contributed by atoms with van der Waals surface area (Å²) in [5, 5.41) is 0. The van der Waals surface area contributed by atoms with E-state index in [1.807, 2.05) is 28.9 Å². The minimum absolute atomic E-state index is 0.00422. The molecule has 0 unspecified atom stereocenters. The maximum absolute atomic E-state index is 13.1. The number of rotatable bonds is 5. The molecule has 0 bridgehead atoms. The molecule has 0 aromatic heterocycles. The van der Waals surface area contributed by atoms with Crippen LogP contribution in [0, 0.1) is 11.8 Å². The van der Waals surface area contributed by atoms with E-state index >= 15 is 0 Å². The van der Waals surface area contributed by atoms with E-state index in [2.05, 4.69) is 25.7 Å². The van der Waals surface area contributed by atoms with E-state index in [0.29, 0.717) is 43.5 Å². The molecule has 0 spiro atoms. The van der Waals surface area contributed by atoms with Crippen LogP contribution < -0.4 is 4.74 Å². The van der Waals surface area contributed by atoms with Gasteiger partial charge in [-0.15, -0.1) is 0 Å². The van der Waals surface area contributed by atoms with Crippen LogP contribution in [0.1, 0.15) is 37.0 Å². The first kappa shape index (κ1) is 20.2. The number of hydrogen-bond acceptors (Lipinski definition) is 3. The van der Waals surface area contributed by atoms with Crippen LogP contribution in [0.2, 0.25) is 0 Å². The fraction of sp³-hybridized carbons (Fsp3) is 0.478.